The van der Waals surface area contributed by atoms with Gasteiger partial charge in [0.15, 0.2) is 11.5 Å². The summed E-state index contributed by atoms with van der Waals surface area (Å²) in [6.07, 6.45) is -4.77. The Morgan fingerprint density at radius 3 is 2.40 bits per heavy atom. The topological polar surface area (TPSA) is 150 Å². The number of ether oxygens (including phenoxy) is 1. The van der Waals surface area contributed by atoms with Crippen molar-refractivity contribution in [1.82, 2.24) is 34.9 Å². The third-order valence-electron chi connectivity index (χ3n) is 5.35. The number of anilines is 2. The molecule has 0 aliphatic rings. The number of amides is 2. The Morgan fingerprint density at radius 1 is 1.05 bits per heavy atom. The monoisotopic (exact) mass is 563 g/mol. The lowest BCUT2D eigenvalue weighted by Crippen LogP contribution is -2.19. The molecule has 0 fully saturated rings. The van der Waals surface area contributed by atoms with Crippen LogP contribution in [0.4, 0.5) is 38.3 Å². The molecule has 40 heavy (non-hydrogen) atoms. The first-order valence-corrected chi connectivity index (χ1v) is 11.2. The molecule has 17 heteroatoms. The van der Waals surface area contributed by atoms with Crippen LogP contribution in [0, 0.1) is 18.7 Å². The lowest BCUT2D eigenvalue weighted by Gasteiger charge is -2.15. The highest BCUT2D eigenvalue weighted by atomic mass is 19.4. The first-order chi connectivity index (χ1) is 18.8. The van der Waals surface area contributed by atoms with Gasteiger partial charge in [0.1, 0.15) is 11.9 Å². The van der Waals surface area contributed by atoms with Gasteiger partial charge in [-0.15, -0.1) is 5.10 Å². The zero-order valence-electron chi connectivity index (χ0n) is 20.8. The summed E-state index contributed by atoms with van der Waals surface area (Å²) >= 11 is 0. The van der Waals surface area contributed by atoms with E-state index in [-0.39, 0.29) is 34.0 Å². The third kappa shape index (κ3) is 6.13. The van der Waals surface area contributed by atoms with Crippen LogP contribution >= 0.6 is 0 Å². The molecule has 0 saturated carbocycles. The molecule has 2 N–H and O–H groups in total. The number of hydrogen-bond donors (Lipinski definition) is 2. The van der Waals surface area contributed by atoms with Crippen molar-refractivity contribution in [1.29, 1.82) is 0 Å². The van der Waals surface area contributed by atoms with Gasteiger partial charge < -0.3 is 10.1 Å². The summed E-state index contributed by atoms with van der Waals surface area (Å²) in [5.41, 5.74) is 0.384. The predicted octanol–water partition coefficient (Wildman–Crippen LogP) is 4.23. The fraction of sp³-hybridized carbons (Fsp3) is 0.217. The van der Waals surface area contributed by atoms with Crippen molar-refractivity contribution in [2.75, 3.05) is 10.6 Å². The van der Waals surface area contributed by atoms with Gasteiger partial charge in [-0.3, -0.25) is 10.1 Å². The minimum atomic E-state index is -4.74. The van der Waals surface area contributed by atoms with E-state index in [1.807, 2.05) is 0 Å². The summed E-state index contributed by atoms with van der Waals surface area (Å²) in [7, 11) is 1.47. The van der Waals surface area contributed by atoms with Crippen molar-refractivity contribution < 1.29 is 36.3 Å². The minimum Gasteiger partial charge on any atom is -0.441 e. The van der Waals surface area contributed by atoms with E-state index in [9.17, 15) is 31.5 Å². The Labute approximate surface area is 221 Å². The molecule has 4 heterocycles. The normalized spacial score (nSPS) is 12.1. The molecule has 4 rings (SSSR count). The zero-order chi connectivity index (χ0) is 29.2. The van der Waals surface area contributed by atoms with Crippen molar-refractivity contribution in [3.05, 3.63) is 71.2 Å². The molecule has 0 saturated heterocycles. The maximum Gasteiger partial charge on any atom is 0.451 e. The van der Waals surface area contributed by atoms with Gasteiger partial charge in [-0.05, 0) is 32.0 Å². The van der Waals surface area contributed by atoms with Crippen LogP contribution in [0.5, 0.6) is 0 Å². The number of aryl methyl sites for hydroxylation is 2. The third-order valence-corrected chi connectivity index (χ3v) is 5.35. The molecule has 208 valence electrons. The lowest BCUT2D eigenvalue weighted by molar-refractivity contribution is -0.145. The van der Waals surface area contributed by atoms with Crippen molar-refractivity contribution in [3.63, 3.8) is 0 Å². The number of nitrogens with one attached hydrogen (secondary N) is 2. The van der Waals surface area contributed by atoms with Crippen molar-refractivity contribution in [3.8, 4) is 11.4 Å². The molecule has 0 radical (unpaired) electrons. The number of alkyl halides is 3. The summed E-state index contributed by atoms with van der Waals surface area (Å²) in [6.45, 7) is 2.87. The number of rotatable bonds is 6. The van der Waals surface area contributed by atoms with Crippen molar-refractivity contribution >= 4 is 23.5 Å². The molecule has 0 aromatic carbocycles. The van der Waals surface area contributed by atoms with Crippen LogP contribution in [-0.4, -0.2) is 46.9 Å². The van der Waals surface area contributed by atoms with Crippen LogP contribution in [0.15, 0.2) is 36.8 Å². The predicted molar refractivity (Wildman–Crippen MR) is 127 cm³/mol. The van der Waals surface area contributed by atoms with Crippen LogP contribution in [0.2, 0.25) is 0 Å². The summed E-state index contributed by atoms with van der Waals surface area (Å²) in [5, 5.41) is 12.8. The first kappa shape index (κ1) is 27.9. The van der Waals surface area contributed by atoms with Crippen LogP contribution in [0.1, 0.15) is 40.5 Å². The lowest BCUT2D eigenvalue weighted by atomic mass is 10.2. The maximum atomic E-state index is 13.9. The quantitative estimate of drug-likeness (QED) is 0.260. The van der Waals surface area contributed by atoms with E-state index in [4.69, 9.17) is 4.74 Å². The van der Waals surface area contributed by atoms with Crippen LogP contribution in [-0.2, 0) is 18.0 Å². The number of hydrogen-bond acceptors (Lipinski definition) is 9. The van der Waals surface area contributed by atoms with E-state index in [0.717, 1.165) is 18.5 Å². The zero-order valence-corrected chi connectivity index (χ0v) is 20.8. The molecule has 1 atom stereocenters. The van der Waals surface area contributed by atoms with Gasteiger partial charge in [0.25, 0.3) is 5.91 Å². The molecule has 4 aromatic heterocycles. The highest BCUT2D eigenvalue weighted by Gasteiger charge is 2.34. The van der Waals surface area contributed by atoms with E-state index >= 15 is 0 Å². The van der Waals surface area contributed by atoms with Gasteiger partial charge in [-0.25, -0.2) is 33.8 Å². The average Bonchev–Trinajstić information content (AvgIpc) is 3.25. The fourth-order valence-electron chi connectivity index (χ4n) is 3.35. The molecule has 0 aliphatic heterocycles. The van der Waals surface area contributed by atoms with Crippen molar-refractivity contribution in [2.24, 2.45) is 7.05 Å². The van der Waals surface area contributed by atoms with E-state index in [1.54, 1.807) is 6.92 Å². The molecular formula is C23H18F5N9O3. The van der Waals surface area contributed by atoms with Crippen LogP contribution < -0.4 is 10.6 Å². The van der Waals surface area contributed by atoms with Crippen LogP contribution in [0.3, 0.4) is 0 Å². The Hall–Kier alpha value is -5.09. The number of nitrogens with zero attached hydrogens (tertiary/aromatic N) is 7. The fourth-order valence-corrected chi connectivity index (χ4v) is 3.35. The molecule has 0 bridgehead atoms. The number of carbonyl (C=O) groups is 2. The number of carbonyl (C=O) groups excluding carboxylic acids is 2. The largest absolute Gasteiger partial charge is 0.451 e. The Morgan fingerprint density at radius 2 is 1.75 bits per heavy atom. The molecule has 0 aliphatic carbocycles. The number of aromatic nitrogens is 7. The second kappa shape index (κ2) is 11.0. The summed E-state index contributed by atoms with van der Waals surface area (Å²) < 4.78 is 71.6. The minimum absolute atomic E-state index is 0.0561. The summed E-state index contributed by atoms with van der Waals surface area (Å²) in [5.74, 6) is -3.90. The summed E-state index contributed by atoms with van der Waals surface area (Å²) in [4.78, 5) is 38.9. The standard InChI is InChI=1S/C23H18F5N9O3/c1-10-15(33-20(38)12-7-30-21(31-8-12)23(26,27)28)4-5-16(32-10)17-19(37(3)36-35-17)34-22(39)40-11(2)14-6-13(24)9-29-18(14)25/h4-9,11H,1-3H3,(H,33,38)(H,34,39)/t11-/m1/s1. The molecule has 12 nitrogen and oxygen atoms in total. The van der Waals surface area contributed by atoms with E-state index in [0.29, 0.717) is 11.9 Å². The van der Waals surface area contributed by atoms with Crippen LogP contribution in [0.25, 0.3) is 11.4 Å². The summed E-state index contributed by atoms with van der Waals surface area (Å²) in [6, 6.07) is 3.76. The Balaban J connectivity index is 1.48. The molecule has 0 unspecified atom stereocenters. The highest BCUT2D eigenvalue weighted by molar-refractivity contribution is 6.04. The first-order valence-electron chi connectivity index (χ1n) is 11.2. The molecule has 2 amide bonds. The number of halogens is 5. The highest BCUT2D eigenvalue weighted by Crippen LogP contribution is 2.28. The van der Waals surface area contributed by atoms with Gasteiger partial charge in [-0.1, -0.05) is 5.21 Å². The number of pyridine rings is 2. The van der Waals surface area contributed by atoms with Gasteiger partial charge >= 0.3 is 12.3 Å². The SMILES string of the molecule is Cc1nc(-c2nnn(C)c2NC(=O)O[C@H](C)c2cc(F)cnc2F)ccc1NC(=O)c1cnc(C(F)(F)F)nc1. The Kier molecular flexibility index (Phi) is 7.65. The Bertz CT molecular complexity index is 1580. The van der Waals surface area contributed by atoms with Gasteiger partial charge in [-0.2, -0.15) is 17.6 Å². The molecular weight excluding hydrogens is 545 g/mol. The smallest absolute Gasteiger partial charge is 0.441 e. The van der Waals surface area contributed by atoms with E-state index < -0.39 is 41.9 Å². The molecule has 4 aromatic rings. The second-order valence-electron chi connectivity index (χ2n) is 8.19. The van der Waals surface area contributed by atoms with Gasteiger partial charge in [0.2, 0.25) is 11.8 Å². The van der Waals surface area contributed by atoms with Crippen molar-refractivity contribution in [2.45, 2.75) is 26.1 Å². The van der Waals surface area contributed by atoms with E-state index in [2.05, 4.69) is 40.9 Å². The van der Waals surface area contributed by atoms with Gasteiger partial charge in [0.05, 0.1) is 34.4 Å². The van der Waals surface area contributed by atoms with Gasteiger partial charge in [0, 0.05) is 19.4 Å². The van der Waals surface area contributed by atoms with E-state index in [1.165, 1.54) is 30.8 Å². The second-order valence-corrected chi connectivity index (χ2v) is 8.19. The maximum absolute atomic E-state index is 13.9. The average molecular weight is 563 g/mol. The molecule has 0 spiro atoms.